The zero-order valence-electron chi connectivity index (χ0n) is 19.2. The summed E-state index contributed by atoms with van der Waals surface area (Å²) >= 11 is 0. The minimum Gasteiger partial charge on any atom is -0.507 e. The van der Waals surface area contributed by atoms with Crippen LogP contribution in [0, 0.1) is 0 Å². The van der Waals surface area contributed by atoms with Crippen molar-refractivity contribution in [3.63, 3.8) is 0 Å². The third kappa shape index (κ3) is 4.14. The third-order valence-electron chi connectivity index (χ3n) is 5.93. The first-order valence-corrected chi connectivity index (χ1v) is 10.8. The van der Waals surface area contributed by atoms with Gasteiger partial charge in [-0.05, 0) is 40.8 Å². The molecule has 0 aromatic heterocycles. The predicted octanol–water partition coefficient (Wildman–Crippen LogP) is 5.62. The van der Waals surface area contributed by atoms with Crippen LogP contribution in [-0.4, -0.2) is 23.9 Å². The molecule has 33 heavy (non-hydrogen) atoms. The molecule has 1 atom stereocenters. The van der Waals surface area contributed by atoms with Crippen LogP contribution >= 0.6 is 0 Å². The summed E-state index contributed by atoms with van der Waals surface area (Å²) in [6, 6.07) is 22.9. The molecular formula is C28H27NO4. The maximum Gasteiger partial charge on any atom is 0.300 e. The summed E-state index contributed by atoms with van der Waals surface area (Å²) in [4.78, 5) is 27.9. The Labute approximate surface area is 193 Å². The number of hydrogen-bond acceptors (Lipinski definition) is 4. The van der Waals surface area contributed by atoms with E-state index in [2.05, 4.69) is 20.8 Å². The molecule has 3 aromatic carbocycles. The molecule has 0 saturated carbocycles. The molecule has 0 aliphatic carbocycles. The van der Waals surface area contributed by atoms with Crippen LogP contribution < -0.4 is 9.64 Å². The molecule has 1 fully saturated rings. The van der Waals surface area contributed by atoms with E-state index < -0.39 is 17.7 Å². The summed E-state index contributed by atoms with van der Waals surface area (Å²) < 4.78 is 5.27. The smallest absolute Gasteiger partial charge is 0.300 e. The summed E-state index contributed by atoms with van der Waals surface area (Å²) in [6.45, 7) is 6.35. The molecule has 1 heterocycles. The first kappa shape index (κ1) is 22.3. The Morgan fingerprint density at radius 3 is 2.03 bits per heavy atom. The maximum atomic E-state index is 13.2. The van der Waals surface area contributed by atoms with Gasteiger partial charge < -0.3 is 9.84 Å². The van der Waals surface area contributed by atoms with E-state index in [1.165, 1.54) is 4.90 Å². The van der Waals surface area contributed by atoms with Crippen LogP contribution in [0.15, 0.2) is 84.4 Å². The van der Waals surface area contributed by atoms with Crippen molar-refractivity contribution < 1.29 is 19.4 Å². The third-order valence-corrected chi connectivity index (χ3v) is 5.93. The molecule has 1 unspecified atom stereocenters. The SMILES string of the molecule is COc1ccc(C2/C(=C(\O)c3ccccc3)C(=O)C(=O)N2c2ccc(C(C)(C)C)cc2)cc1. The number of nitrogens with zero attached hydrogens (tertiary/aromatic N) is 1. The minimum atomic E-state index is -0.767. The Balaban J connectivity index is 1.89. The van der Waals surface area contributed by atoms with E-state index in [1.54, 1.807) is 43.5 Å². The summed E-state index contributed by atoms with van der Waals surface area (Å²) in [5.41, 5.74) is 2.92. The first-order chi connectivity index (χ1) is 15.7. The summed E-state index contributed by atoms with van der Waals surface area (Å²) in [7, 11) is 1.58. The van der Waals surface area contributed by atoms with Gasteiger partial charge in [0.15, 0.2) is 0 Å². The Bertz CT molecular complexity index is 1200. The van der Waals surface area contributed by atoms with E-state index in [9.17, 15) is 14.7 Å². The van der Waals surface area contributed by atoms with Crippen molar-refractivity contribution in [3.8, 4) is 5.75 Å². The highest BCUT2D eigenvalue weighted by Gasteiger charge is 2.47. The molecule has 1 N–H and O–H groups in total. The normalized spacial score (nSPS) is 17.9. The number of carbonyl (C=O) groups is 2. The molecular weight excluding hydrogens is 414 g/mol. The lowest BCUT2D eigenvalue weighted by Gasteiger charge is -2.27. The number of amides is 1. The predicted molar refractivity (Wildman–Crippen MR) is 129 cm³/mol. The Morgan fingerprint density at radius 2 is 1.48 bits per heavy atom. The number of hydrogen-bond donors (Lipinski definition) is 1. The van der Waals surface area contributed by atoms with Gasteiger partial charge in [0.05, 0.1) is 18.7 Å². The highest BCUT2D eigenvalue weighted by molar-refractivity contribution is 6.51. The molecule has 3 aromatic rings. The molecule has 0 bridgehead atoms. The van der Waals surface area contributed by atoms with Gasteiger partial charge in [-0.1, -0.05) is 75.4 Å². The van der Waals surface area contributed by atoms with Crippen LogP contribution in [0.3, 0.4) is 0 Å². The maximum absolute atomic E-state index is 13.2. The molecule has 4 rings (SSSR count). The Kier molecular flexibility index (Phi) is 5.81. The fraction of sp³-hybridized carbons (Fsp3) is 0.214. The lowest BCUT2D eigenvalue weighted by molar-refractivity contribution is -0.132. The van der Waals surface area contributed by atoms with Crippen LogP contribution in [-0.2, 0) is 15.0 Å². The standard InChI is InChI=1S/C28H27NO4/c1-28(2,3)20-12-14-21(15-13-20)29-24(18-10-16-22(33-4)17-11-18)23(26(31)27(29)32)25(30)19-8-6-5-7-9-19/h5-17,24,30H,1-4H3/b25-23+. The second-order valence-corrected chi connectivity index (χ2v) is 9.11. The number of methoxy groups -OCH3 is 1. The Morgan fingerprint density at radius 1 is 0.879 bits per heavy atom. The van der Waals surface area contributed by atoms with Crippen LogP contribution in [0.25, 0.3) is 5.76 Å². The fourth-order valence-corrected chi connectivity index (χ4v) is 4.07. The van der Waals surface area contributed by atoms with E-state index in [0.717, 1.165) is 5.56 Å². The number of ketones is 1. The molecule has 0 spiro atoms. The summed E-state index contributed by atoms with van der Waals surface area (Å²) in [5.74, 6) is -0.911. The highest BCUT2D eigenvalue weighted by Crippen LogP contribution is 2.42. The van der Waals surface area contributed by atoms with Crippen molar-refractivity contribution in [2.45, 2.75) is 32.2 Å². The van der Waals surface area contributed by atoms with E-state index in [1.807, 2.05) is 42.5 Å². The van der Waals surface area contributed by atoms with Crippen molar-refractivity contribution in [2.75, 3.05) is 12.0 Å². The van der Waals surface area contributed by atoms with Gasteiger partial charge in [-0.3, -0.25) is 14.5 Å². The zero-order valence-corrected chi connectivity index (χ0v) is 19.2. The van der Waals surface area contributed by atoms with E-state index >= 15 is 0 Å². The number of Topliss-reactive ketones (excluding diaryl/α,β-unsaturated/α-hetero) is 1. The molecule has 1 saturated heterocycles. The number of ether oxygens (including phenoxy) is 1. The van der Waals surface area contributed by atoms with E-state index in [-0.39, 0.29) is 16.7 Å². The van der Waals surface area contributed by atoms with Crippen LogP contribution in [0.2, 0.25) is 0 Å². The van der Waals surface area contributed by atoms with Gasteiger partial charge in [-0.25, -0.2) is 0 Å². The summed E-state index contributed by atoms with van der Waals surface area (Å²) in [5, 5.41) is 11.1. The van der Waals surface area contributed by atoms with E-state index in [0.29, 0.717) is 22.6 Å². The lowest BCUT2D eigenvalue weighted by Crippen LogP contribution is -2.29. The first-order valence-electron chi connectivity index (χ1n) is 10.8. The number of aliphatic hydroxyl groups is 1. The van der Waals surface area contributed by atoms with Crippen LogP contribution in [0.5, 0.6) is 5.75 Å². The molecule has 5 heteroatoms. The van der Waals surface area contributed by atoms with E-state index in [4.69, 9.17) is 4.74 Å². The second-order valence-electron chi connectivity index (χ2n) is 9.11. The van der Waals surface area contributed by atoms with Crippen molar-refractivity contribution >= 4 is 23.1 Å². The zero-order chi connectivity index (χ0) is 23.8. The van der Waals surface area contributed by atoms with Crippen LogP contribution in [0.1, 0.15) is 43.5 Å². The minimum absolute atomic E-state index is 0.0462. The van der Waals surface area contributed by atoms with Gasteiger partial charge in [-0.2, -0.15) is 0 Å². The van der Waals surface area contributed by atoms with Gasteiger partial charge in [0.2, 0.25) is 0 Å². The molecule has 1 aliphatic heterocycles. The molecule has 5 nitrogen and oxygen atoms in total. The van der Waals surface area contributed by atoms with Crippen LogP contribution in [0.4, 0.5) is 5.69 Å². The largest absolute Gasteiger partial charge is 0.507 e. The molecule has 1 amide bonds. The monoisotopic (exact) mass is 441 g/mol. The molecule has 168 valence electrons. The fourth-order valence-electron chi connectivity index (χ4n) is 4.07. The second kappa shape index (κ2) is 8.58. The van der Waals surface area contributed by atoms with Crippen molar-refractivity contribution in [2.24, 2.45) is 0 Å². The quantitative estimate of drug-likeness (QED) is 0.324. The average Bonchev–Trinajstić information content (AvgIpc) is 3.09. The average molecular weight is 442 g/mol. The molecule has 0 radical (unpaired) electrons. The van der Waals surface area contributed by atoms with Gasteiger partial charge >= 0.3 is 0 Å². The van der Waals surface area contributed by atoms with Gasteiger partial charge in [-0.15, -0.1) is 0 Å². The lowest BCUT2D eigenvalue weighted by atomic mass is 9.87. The number of anilines is 1. The summed E-state index contributed by atoms with van der Waals surface area (Å²) in [6.07, 6.45) is 0. The molecule has 1 aliphatic rings. The van der Waals surface area contributed by atoms with Gasteiger partial charge in [0, 0.05) is 11.3 Å². The highest BCUT2D eigenvalue weighted by atomic mass is 16.5. The number of aliphatic hydroxyl groups excluding tert-OH is 1. The van der Waals surface area contributed by atoms with Gasteiger partial charge in [0.25, 0.3) is 11.7 Å². The number of carbonyl (C=O) groups excluding carboxylic acids is 2. The van der Waals surface area contributed by atoms with Crippen molar-refractivity contribution in [1.29, 1.82) is 0 Å². The number of rotatable bonds is 4. The van der Waals surface area contributed by atoms with Gasteiger partial charge in [0.1, 0.15) is 11.5 Å². The Hall–Kier alpha value is -3.86. The number of benzene rings is 3. The topological polar surface area (TPSA) is 66.8 Å². The van der Waals surface area contributed by atoms with Crippen molar-refractivity contribution in [1.82, 2.24) is 0 Å². The van der Waals surface area contributed by atoms with Crippen molar-refractivity contribution in [3.05, 3.63) is 101 Å².